The first-order valence-electron chi connectivity index (χ1n) is 11.9. The van der Waals surface area contributed by atoms with Gasteiger partial charge in [0.25, 0.3) is 0 Å². The van der Waals surface area contributed by atoms with Crippen LogP contribution >= 0.6 is 0 Å². The van der Waals surface area contributed by atoms with Crippen molar-refractivity contribution in [1.29, 1.82) is 0 Å². The van der Waals surface area contributed by atoms with Gasteiger partial charge in [-0.1, -0.05) is 36.4 Å². The molecular formula is C29H31OS+. The zero-order valence-corrected chi connectivity index (χ0v) is 18.9. The van der Waals surface area contributed by atoms with Crippen LogP contribution in [0.5, 0.6) is 5.75 Å². The van der Waals surface area contributed by atoms with Crippen LogP contribution in [0.4, 0.5) is 0 Å². The smallest absolute Gasteiger partial charge is 0.166 e. The van der Waals surface area contributed by atoms with E-state index in [4.69, 9.17) is 4.74 Å². The Morgan fingerprint density at radius 1 is 0.677 bits per heavy atom. The van der Waals surface area contributed by atoms with Gasteiger partial charge in [-0.2, -0.15) is 0 Å². The van der Waals surface area contributed by atoms with Crippen LogP contribution in [0.3, 0.4) is 0 Å². The van der Waals surface area contributed by atoms with Crippen molar-refractivity contribution in [2.75, 3.05) is 6.61 Å². The zero-order chi connectivity index (χ0) is 20.7. The highest BCUT2D eigenvalue weighted by molar-refractivity contribution is 7.97. The van der Waals surface area contributed by atoms with Crippen LogP contribution in [0, 0.1) is 23.2 Å². The van der Waals surface area contributed by atoms with Gasteiger partial charge in [-0.05, 0) is 110 Å². The van der Waals surface area contributed by atoms with Crippen molar-refractivity contribution in [3.05, 3.63) is 84.9 Å². The maximum atomic E-state index is 6.27. The molecule has 4 aliphatic carbocycles. The van der Waals surface area contributed by atoms with Crippen LogP contribution in [-0.4, -0.2) is 6.61 Å². The standard InChI is InChI=1S/C29H31OS/c1-3-7-26(8-4-1)31(27-9-5-2-6-10-27)28-13-11-25(12-14-28)30-16-15-29-20-22-17-23(21-29)19-24(29)18-22/h1-14,22-24H,15-21H2/q+1. The van der Waals surface area contributed by atoms with Crippen molar-refractivity contribution >= 4 is 10.9 Å². The molecular weight excluding hydrogens is 396 g/mol. The molecule has 0 heterocycles. The van der Waals surface area contributed by atoms with E-state index < -0.39 is 0 Å². The first-order valence-corrected chi connectivity index (χ1v) is 13.1. The fraction of sp³-hybridized carbons (Fsp3) is 0.379. The molecule has 31 heavy (non-hydrogen) atoms. The van der Waals surface area contributed by atoms with E-state index in [9.17, 15) is 0 Å². The molecule has 2 atom stereocenters. The molecule has 4 fully saturated rings. The quantitative estimate of drug-likeness (QED) is 0.357. The van der Waals surface area contributed by atoms with Crippen molar-refractivity contribution in [3.8, 4) is 5.75 Å². The Hall–Kier alpha value is -2.19. The minimum absolute atomic E-state index is 0.0899. The molecule has 158 valence electrons. The van der Waals surface area contributed by atoms with Crippen LogP contribution < -0.4 is 4.74 Å². The number of hydrogen-bond donors (Lipinski definition) is 0. The second-order valence-corrected chi connectivity index (χ2v) is 11.9. The fourth-order valence-electron chi connectivity index (χ4n) is 6.94. The second kappa shape index (κ2) is 8.06. The molecule has 0 spiro atoms. The molecule has 3 aromatic rings. The lowest BCUT2D eigenvalue weighted by molar-refractivity contribution is 0.147. The molecule has 0 radical (unpaired) electrons. The van der Waals surface area contributed by atoms with E-state index >= 15 is 0 Å². The molecule has 1 nitrogen and oxygen atoms in total. The molecule has 4 bridgehead atoms. The van der Waals surface area contributed by atoms with Gasteiger partial charge in [0.1, 0.15) is 5.75 Å². The Kier molecular flexibility index (Phi) is 5.07. The summed E-state index contributed by atoms with van der Waals surface area (Å²) < 4.78 is 6.27. The molecule has 4 saturated carbocycles. The van der Waals surface area contributed by atoms with Crippen LogP contribution in [0.25, 0.3) is 0 Å². The summed E-state index contributed by atoms with van der Waals surface area (Å²) in [5.74, 6) is 4.08. The first-order chi connectivity index (χ1) is 15.3. The van der Waals surface area contributed by atoms with Crippen LogP contribution in [0.15, 0.2) is 99.6 Å². The molecule has 3 aromatic carbocycles. The summed E-state index contributed by atoms with van der Waals surface area (Å²) in [6.45, 7) is 0.873. The lowest BCUT2D eigenvalue weighted by Gasteiger charge is -2.32. The molecule has 0 aromatic heterocycles. The fourth-order valence-corrected chi connectivity index (χ4v) is 9.02. The van der Waals surface area contributed by atoms with E-state index in [0.717, 1.165) is 30.1 Å². The second-order valence-electron chi connectivity index (χ2n) is 9.91. The minimum atomic E-state index is -0.0899. The highest BCUT2D eigenvalue weighted by Gasteiger charge is 2.57. The van der Waals surface area contributed by atoms with Gasteiger partial charge in [0.05, 0.1) is 17.5 Å². The monoisotopic (exact) mass is 427 g/mol. The van der Waals surface area contributed by atoms with Gasteiger partial charge >= 0.3 is 0 Å². The Morgan fingerprint density at radius 2 is 1.23 bits per heavy atom. The lowest BCUT2D eigenvalue weighted by atomic mass is 9.74. The summed E-state index contributed by atoms with van der Waals surface area (Å²) in [5.41, 5.74) is 0.626. The summed E-state index contributed by atoms with van der Waals surface area (Å²) >= 11 is 0. The van der Waals surface area contributed by atoms with Gasteiger partial charge in [0.15, 0.2) is 14.7 Å². The molecule has 2 heteroatoms. The molecule has 0 saturated heterocycles. The third-order valence-electron chi connectivity index (χ3n) is 8.04. The molecule has 0 N–H and O–H groups in total. The third kappa shape index (κ3) is 3.69. The van der Waals surface area contributed by atoms with E-state index in [1.54, 1.807) is 0 Å². The van der Waals surface area contributed by atoms with Crippen molar-refractivity contribution in [1.82, 2.24) is 0 Å². The van der Waals surface area contributed by atoms with Gasteiger partial charge in [-0.25, -0.2) is 0 Å². The van der Waals surface area contributed by atoms with E-state index in [1.165, 1.54) is 53.2 Å². The van der Waals surface area contributed by atoms with Gasteiger partial charge in [0, 0.05) is 0 Å². The lowest BCUT2D eigenvalue weighted by Crippen LogP contribution is -2.25. The summed E-state index contributed by atoms with van der Waals surface area (Å²) in [4.78, 5) is 4.05. The Bertz CT molecular complexity index is 960. The predicted octanol–water partition coefficient (Wildman–Crippen LogP) is 7.38. The maximum absolute atomic E-state index is 6.27. The van der Waals surface area contributed by atoms with Crippen molar-refractivity contribution in [3.63, 3.8) is 0 Å². The number of ether oxygens (including phenoxy) is 1. The number of benzene rings is 3. The van der Waals surface area contributed by atoms with E-state index in [0.29, 0.717) is 5.41 Å². The predicted molar refractivity (Wildman–Crippen MR) is 128 cm³/mol. The van der Waals surface area contributed by atoms with Crippen molar-refractivity contribution in [2.24, 2.45) is 23.2 Å². The van der Waals surface area contributed by atoms with Gasteiger partial charge in [-0.3, -0.25) is 0 Å². The van der Waals surface area contributed by atoms with Gasteiger partial charge in [-0.15, -0.1) is 0 Å². The third-order valence-corrected chi connectivity index (χ3v) is 10.3. The molecule has 2 unspecified atom stereocenters. The topological polar surface area (TPSA) is 9.23 Å². The summed E-state index contributed by atoms with van der Waals surface area (Å²) in [6, 6.07) is 30.6. The van der Waals surface area contributed by atoms with Crippen LogP contribution in [0.2, 0.25) is 0 Å². The SMILES string of the molecule is c1ccc([S+](c2ccccc2)c2ccc(OCCC34CC5CC(CC3C5)C4)cc2)cc1. The summed E-state index contributed by atoms with van der Waals surface area (Å²) in [6.07, 6.45) is 8.75. The molecule has 0 aliphatic heterocycles. The van der Waals surface area contributed by atoms with E-state index in [-0.39, 0.29) is 10.9 Å². The van der Waals surface area contributed by atoms with Crippen molar-refractivity contribution in [2.45, 2.75) is 53.2 Å². The highest BCUT2D eigenvalue weighted by atomic mass is 32.2. The maximum Gasteiger partial charge on any atom is 0.166 e. The first kappa shape index (κ1) is 19.5. The highest BCUT2D eigenvalue weighted by Crippen LogP contribution is 2.66. The average Bonchev–Trinajstić information content (AvgIpc) is 3.20. The number of hydrogen-bond acceptors (Lipinski definition) is 1. The number of rotatable bonds is 7. The van der Waals surface area contributed by atoms with Crippen LogP contribution in [0.1, 0.15) is 38.5 Å². The normalized spacial score (nSPS) is 28.4. The summed E-state index contributed by atoms with van der Waals surface area (Å²) in [5, 5.41) is 0. The summed E-state index contributed by atoms with van der Waals surface area (Å²) in [7, 11) is -0.0899. The Balaban J connectivity index is 1.16. The van der Waals surface area contributed by atoms with E-state index in [1.807, 2.05) is 0 Å². The molecule has 7 rings (SSSR count). The molecule has 4 aliphatic rings. The average molecular weight is 428 g/mol. The minimum Gasteiger partial charge on any atom is -0.494 e. The van der Waals surface area contributed by atoms with Gasteiger partial charge in [0.2, 0.25) is 0 Å². The van der Waals surface area contributed by atoms with Crippen molar-refractivity contribution < 1.29 is 4.74 Å². The Morgan fingerprint density at radius 3 is 1.81 bits per heavy atom. The molecule has 0 amide bonds. The Labute approximate surface area is 189 Å². The van der Waals surface area contributed by atoms with Crippen LogP contribution in [-0.2, 0) is 10.9 Å². The van der Waals surface area contributed by atoms with E-state index in [2.05, 4.69) is 84.9 Å². The zero-order valence-electron chi connectivity index (χ0n) is 18.1. The largest absolute Gasteiger partial charge is 0.494 e. The van der Waals surface area contributed by atoms with Gasteiger partial charge < -0.3 is 4.74 Å².